The highest BCUT2D eigenvalue weighted by atomic mass is 16.5. The van der Waals surface area contributed by atoms with E-state index < -0.39 is 12.2 Å². The van der Waals surface area contributed by atoms with Crippen molar-refractivity contribution in [1.29, 1.82) is 0 Å². The zero-order valence-corrected chi connectivity index (χ0v) is 49.2. The number of aliphatic hydroxyl groups excluding tert-OH is 2. The number of benzene rings is 5. The third-order valence-corrected chi connectivity index (χ3v) is 21.5. The van der Waals surface area contributed by atoms with E-state index in [9.17, 15) is 25.5 Å². The maximum atomic E-state index is 12.6. The number of hydrogen-bond acceptors (Lipinski definition) is 11. The highest BCUT2D eigenvalue weighted by Crippen LogP contribution is 2.64. The molecular weight excluding hydrogens is 1070 g/mol. The Balaban J connectivity index is 0.905. The number of aliphatic hydroxyl groups is 2. The summed E-state index contributed by atoms with van der Waals surface area (Å²) in [5, 5.41) is 66.3. The Morgan fingerprint density at radius 3 is 2.55 bits per heavy atom. The SMILES string of the molecule is COCNC1C=C2C#C[C@H](CCc3ccc(O)c(Cc4cccc(O)c4)c3)CC[C@@H]3C=C[C@@H]4O[C@@H]3C[C@H](O)[C@H]3C=Cc5c(c(CO)cc(O)c5OCc5cc([C@]67c8c9cccc8CC[C@H]6C6(CCCCC6)OC[C@H]7CC9)cc6cn(cc56)C(=C24)N1)C3. The highest BCUT2D eigenvalue weighted by Gasteiger charge is 2.63. The minimum atomic E-state index is -0.788. The largest absolute Gasteiger partial charge is 0.508 e. The van der Waals surface area contributed by atoms with Crippen molar-refractivity contribution < 1.29 is 44.5 Å². The summed E-state index contributed by atoms with van der Waals surface area (Å²) in [7, 11) is 1.69. The minimum Gasteiger partial charge on any atom is -0.508 e. The normalized spacial score (nSPS) is 28.5. The van der Waals surface area contributed by atoms with Crippen LogP contribution in [0.1, 0.15) is 132 Å². The maximum Gasteiger partial charge on any atom is 0.168 e. The smallest absolute Gasteiger partial charge is 0.168 e. The molecule has 1 unspecified atom stereocenters. The molecular formula is C74H79N3O9. The van der Waals surface area contributed by atoms with Crippen LogP contribution in [0.4, 0.5) is 0 Å². The molecule has 1 saturated heterocycles. The molecule has 10 atom stereocenters. The third kappa shape index (κ3) is 9.69. The average Bonchev–Trinajstić information content (AvgIpc) is 0.765. The number of aromatic nitrogens is 1. The van der Waals surface area contributed by atoms with Crippen molar-refractivity contribution in [2.75, 3.05) is 20.4 Å². The van der Waals surface area contributed by atoms with E-state index in [2.05, 4.69) is 100 Å². The zero-order chi connectivity index (χ0) is 58.3. The second-order valence-corrected chi connectivity index (χ2v) is 26.3. The van der Waals surface area contributed by atoms with Gasteiger partial charge in [0.25, 0.3) is 0 Å². The van der Waals surface area contributed by atoms with Gasteiger partial charge >= 0.3 is 0 Å². The Labute approximate surface area is 504 Å². The number of hydrogen-bond donors (Lipinski definition) is 7. The lowest BCUT2D eigenvalue weighted by atomic mass is 9.45. The Bertz CT molecular complexity index is 3820. The van der Waals surface area contributed by atoms with Crippen LogP contribution in [0.3, 0.4) is 0 Å². The number of nitrogens with zero attached hydrogens (tertiary/aromatic N) is 1. The highest BCUT2D eigenvalue weighted by molar-refractivity contribution is 5.89. The first kappa shape index (κ1) is 55.5. The fourth-order valence-corrected chi connectivity index (χ4v) is 17.4. The number of methoxy groups -OCH3 is 1. The van der Waals surface area contributed by atoms with Crippen LogP contribution < -0.4 is 15.4 Å². The summed E-state index contributed by atoms with van der Waals surface area (Å²) in [6.45, 7) is 0.939. The standard InChI is InChI=1S/C74H79N3O9/c1-83-43-75-68-36-51-17-14-44(11-12-45-15-24-62(80)52(29-45)30-46-7-5-10-58(79)31-46)13-16-47-20-25-65-69(51)72(76-68)77-38-53-32-57(74-56-22-18-48-8-6-9-49(70(48)74)21-26-67(74)73(85-42-56)27-3-2-4-28-73)33-55(61(53)39-77)41-84-71-59-23-19-50(63(81)37-66(47)86-65)34-60(59)54(40-78)35-64(71)82/h5-10,15,19-20,23-25,29,31-33,35-36,38-39,44,47,50,56,63,65-68,75-76,78-82H,2-4,11-13,16,18,21-22,26-28,30,34,37,40-43H2,1H3/t44-,47-,50+,56-,63+,65+,66-,67+,68?,74+/m1/s1. The number of aryl methyl sites for hydroxylation is 3. The monoisotopic (exact) mass is 1150 g/mol. The van der Waals surface area contributed by atoms with Gasteiger partial charge in [-0.25, -0.2) is 0 Å². The van der Waals surface area contributed by atoms with Crippen molar-refractivity contribution in [2.24, 2.45) is 29.6 Å². The van der Waals surface area contributed by atoms with Crippen molar-refractivity contribution in [3.63, 3.8) is 0 Å². The van der Waals surface area contributed by atoms with Crippen molar-refractivity contribution in [3.8, 4) is 34.8 Å². The van der Waals surface area contributed by atoms with Gasteiger partial charge in [0.2, 0.25) is 0 Å². The van der Waals surface area contributed by atoms with Crippen molar-refractivity contribution in [3.05, 3.63) is 188 Å². The van der Waals surface area contributed by atoms with Crippen LogP contribution in [0.15, 0.2) is 127 Å². The van der Waals surface area contributed by atoms with E-state index in [1.807, 2.05) is 24.3 Å². The molecule has 7 N–H and O–H groups in total. The predicted molar refractivity (Wildman–Crippen MR) is 332 cm³/mol. The van der Waals surface area contributed by atoms with E-state index >= 15 is 0 Å². The molecule has 12 heteroatoms. The molecule has 86 heavy (non-hydrogen) atoms. The van der Waals surface area contributed by atoms with Gasteiger partial charge in [0.15, 0.2) is 11.5 Å². The lowest BCUT2D eigenvalue weighted by Gasteiger charge is -2.63. The van der Waals surface area contributed by atoms with Gasteiger partial charge in [0.05, 0.1) is 37.8 Å². The van der Waals surface area contributed by atoms with Crippen LogP contribution in [0.5, 0.6) is 23.0 Å². The van der Waals surface area contributed by atoms with Crippen LogP contribution >= 0.6 is 0 Å². The Kier molecular flexibility index (Phi) is 14.6. The number of ether oxygens (including phenoxy) is 4. The molecule has 6 aromatic rings. The van der Waals surface area contributed by atoms with Crippen LogP contribution in [0.2, 0.25) is 0 Å². The van der Waals surface area contributed by atoms with E-state index in [4.69, 9.17) is 18.9 Å². The number of aromatic hydroxyl groups is 3. The molecule has 5 aliphatic carbocycles. The van der Waals surface area contributed by atoms with Crippen LogP contribution in [-0.4, -0.2) is 80.6 Å². The van der Waals surface area contributed by atoms with E-state index in [1.165, 1.54) is 41.5 Å². The minimum absolute atomic E-state index is 0.000368. The maximum absolute atomic E-state index is 12.6. The molecule has 10 bridgehead atoms. The summed E-state index contributed by atoms with van der Waals surface area (Å²) in [6.07, 6.45) is 27.7. The molecule has 444 valence electrons. The summed E-state index contributed by atoms with van der Waals surface area (Å²) in [4.78, 5) is 0. The van der Waals surface area contributed by atoms with Gasteiger partial charge in [-0.15, -0.1) is 0 Å². The number of phenols is 3. The zero-order valence-electron chi connectivity index (χ0n) is 49.2. The lowest BCUT2D eigenvalue weighted by Crippen LogP contribution is -2.64. The van der Waals surface area contributed by atoms with Crippen molar-refractivity contribution in [1.82, 2.24) is 15.2 Å². The van der Waals surface area contributed by atoms with E-state index in [0.717, 1.165) is 132 Å². The summed E-state index contributed by atoms with van der Waals surface area (Å²) < 4.78 is 29.8. The molecule has 12 nitrogen and oxygen atoms in total. The van der Waals surface area contributed by atoms with Crippen LogP contribution in [0.25, 0.3) is 22.7 Å². The van der Waals surface area contributed by atoms with Gasteiger partial charge in [-0.1, -0.05) is 104 Å². The first-order valence-electron chi connectivity index (χ1n) is 31.8. The van der Waals surface area contributed by atoms with E-state index in [-0.39, 0.29) is 77.4 Å². The molecule has 1 saturated carbocycles. The lowest BCUT2D eigenvalue weighted by molar-refractivity contribution is -0.193. The Morgan fingerprint density at radius 1 is 0.837 bits per heavy atom. The fourth-order valence-electron chi connectivity index (χ4n) is 17.4. The number of fused-ring (bicyclic) bond motifs is 6. The van der Waals surface area contributed by atoms with Gasteiger partial charge in [0, 0.05) is 88.9 Å². The average molecular weight is 1150 g/mol. The molecule has 1 aromatic heterocycles. The van der Waals surface area contributed by atoms with Crippen molar-refractivity contribution >= 4 is 22.7 Å². The van der Waals surface area contributed by atoms with Crippen LogP contribution in [-0.2, 0) is 64.9 Å². The topological polar surface area (TPSA) is 167 Å². The second kappa shape index (κ2) is 22.6. The van der Waals surface area contributed by atoms with Gasteiger partial charge in [-0.3, -0.25) is 5.32 Å². The molecule has 0 amide bonds. The van der Waals surface area contributed by atoms with Crippen LogP contribution in [0, 0.1) is 41.4 Å². The molecule has 7 heterocycles. The summed E-state index contributed by atoms with van der Waals surface area (Å²) in [5.41, 5.74) is 13.1. The molecule has 1 spiro atoms. The molecule has 0 radical (unpaired) electrons. The van der Waals surface area contributed by atoms with E-state index in [0.29, 0.717) is 43.2 Å². The van der Waals surface area contributed by atoms with Crippen molar-refractivity contribution in [2.45, 2.75) is 151 Å². The predicted octanol–water partition coefficient (Wildman–Crippen LogP) is 11.7. The fraction of sp³-hybridized carbons (Fsp3) is 0.432. The van der Waals surface area contributed by atoms with Gasteiger partial charge < -0.3 is 54.4 Å². The Morgan fingerprint density at radius 2 is 1.70 bits per heavy atom. The summed E-state index contributed by atoms with van der Waals surface area (Å²) in [6, 6.07) is 26.8. The van der Waals surface area contributed by atoms with E-state index in [1.54, 1.807) is 31.4 Å². The number of rotatable bonds is 10. The molecule has 17 rings (SSSR count). The van der Waals surface area contributed by atoms with Gasteiger partial charge in [0.1, 0.15) is 36.2 Å². The summed E-state index contributed by atoms with van der Waals surface area (Å²) in [5.74, 6) is 9.54. The number of dihydropyridines is 1. The molecule has 5 aromatic carbocycles. The number of nitrogens with one attached hydrogen (secondary N) is 2. The molecule has 2 fully saturated rings. The molecule has 11 aliphatic rings. The quantitative estimate of drug-likeness (QED) is 0.0396. The second-order valence-electron chi connectivity index (χ2n) is 26.3. The first-order valence-corrected chi connectivity index (χ1v) is 31.8. The first-order chi connectivity index (χ1) is 42.0. The summed E-state index contributed by atoms with van der Waals surface area (Å²) >= 11 is 0. The molecule has 6 aliphatic heterocycles. The Hall–Kier alpha value is -7.08. The van der Waals surface area contributed by atoms with Gasteiger partial charge in [-0.2, -0.15) is 0 Å². The third-order valence-electron chi connectivity index (χ3n) is 21.5. The number of phenolic OH excluding ortho intramolecular Hbond substituents is 3. The van der Waals surface area contributed by atoms with Gasteiger partial charge in [-0.05, 0) is 169 Å².